The highest BCUT2D eigenvalue weighted by Gasteiger charge is 2.08. The van der Waals surface area contributed by atoms with Gasteiger partial charge in [0, 0.05) is 54.7 Å². The van der Waals surface area contributed by atoms with Crippen LogP contribution in [0, 0.1) is 0 Å². The van der Waals surface area contributed by atoms with Crippen molar-refractivity contribution in [1.82, 2.24) is 19.8 Å². The van der Waals surface area contributed by atoms with Crippen LogP contribution in [-0.2, 0) is 18.4 Å². The lowest BCUT2D eigenvalue weighted by molar-refractivity contribution is -0.128. The normalized spacial score (nSPS) is 10.5. The van der Waals surface area contributed by atoms with Gasteiger partial charge in [0.15, 0.2) is 0 Å². The van der Waals surface area contributed by atoms with Gasteiger partial charge in [0.25, 0.3) is 0 Å². The first kappa shape index (κ1) is 14.5. The molecule has 0 aliphatic carbocycles. The lowest BCUT2D eigenvalue weighted by Crippen LogP contribution is -2.27. The van der Waals surface area contributed by atoms with Crippen LogP contribution in [0.5, 0.6) is 0 Å². The Kier molecular flexibility index (Phi) is 5.15. The highest BCUT2D eigenvalue weighted by molar-refractivity contribution is 5.75. The van der Waals surface area contributed by atoms with Crippen molar-refractivity contribution in [1.29, 1.82) is 0 Å². The van der Waals surface area contributed by atoms with Gasteiger partial charge in [0.1, 0.15) is 0 Å². The van der Waals surface area contributed by atoms with E-state index in [4.69, 9.17) is 0 Å². The molecule has 1 amide bonds. The molecule has 1 heterocycles. The van der Waals surface area contributed by atoms with Gasteiger partial charge < -0.3 is 19.7 Å². The van der Waals surface area contributed by atoms with Gasteiger partial charge in [-0.05, 0) is 0 Å². The van der Waals surface area contributed by atoms with Crippen LogP contribution in [0.2, 0.25) is 0 Å². The van der Waals surface area contributed by atoms with Crippen molar-refractivity contribution in [2.45, 2.75) is 13.0 Å². The van der Waals surface area contributed by atoms with E-state index in [1.54, 1.807) is 19.0 Å². The molecule has 0 aromatic carbocycles. The van der Waals surface area contributed by atoms with Gasteiger partial charge in [-0.25, -0.2) is 4.98 Å². The molecule has 0 bridgehead atoms. The van der Waals surface area contributed by atoms with Gasteiger partial charge in [0.2, 0.25) is 11.9 Å². The zero-order valence-electron chi connectivity index (χ0n) is 11.9. The maximum atomic E-state index is 11.4. The summed E-state index contributed by atoms with van der Waals surface area (Å²) in [6, 6.07) is 0. The Morgan fingerprint density at radius 3 is 2.56 bits per heavy atom. The Bertz CT molecular complexity index is 397. The maximum absolute atomic E-state index is 11.4. The van der Waals surface area contributed by atoms with Crippen molar-refractivity contribution >= 4 is 11.9 Å². The molecule has 0 radical (unpaired) electrons. The molecule has 6 nitrogen and oxygen atoms in total. The standard InChI is InChI=1S/C12H23N5O/c1-15(2)11(18)6-7-13-8-10-9-14-12(16(3)4)17(10)5/h9,13H,6-8H2,1-5H3. The minimum Gasteiger partial charge on any atom is -0.349 e. The molecule has 0 spiro atoms. The van der Waals surface area contributed by atoms with Crippen LogP contribution in [0.25, 0.3) is 0 Å². The summed E-state index contributed by atoms with van der Waals surface area (Å²) in [6.45, 7) is 1.40. The number of hydrogen-bond donors (Lipinski definition) is 1. The molecule has 6 heteroatoms. The molecule has 1 aromatic rings. The molecule has 0 unspecified atom stereocenters. The van der Waals surface area contributed by atoms with Crippen LogP contribution < -0.4 is 10.2 Å². The first-order valence-electron chi connectivity index (χ1n) is 6.02. The fourth-order valence-corrected chi connectivity index (χ4v) is 1.65. The molecule has 102 valence electrons. The van der Waals surface area contributed by atoms with Crippen LogP contribution in [0.15, 0.2) is 6.20 Å². The van der Waals surface area contributed by atoms with Crippen molar-refractivity contribution in [3.05, 3.63) is 11.9 Å². The molecule has 0 fully saturated rings. The fraction of sp³-hybridized carbons (Fsp3) is 0.667. The first-order chi connectivity index (χ1) is 8.43. The van der Waals surface area contributed by atoms with E-state index in [0.29, 0.717) is 13.0 Å². The van der Waals surface area contributed by atoms with Crippen molar-refractivity contribution in [2.75, 3.05) is 39.6 Å². The van der Waals surface area contributed by atoms with E-state index in [1.165, 1.54) is 0 Å². The number of amides is 1. The molecule has 18 heavy (non-hydrogen) atoms. The highest BCUT2D eigenvalue weighted by atomic mass is 16.2. The molecule has 1 rings (SSSR count). The molecule has 1 N–H and O–H groups in total. The smallest absolute Gasteiger partial charge is 0.223 e. The second-order valence-corrected chi connectivity index (χ2v) is 4.72. The van der Waals surface area contributed by atoms with Gasteiger partial charge in [-0.1, -0.05) is 0 Å². The number of nitrogens with zero attached hydrogens (tertiary/aromatic N) is 4. The molecule has 0 aliphatic heterocycles. The summed E-state index contributed by atoms with van der Waals surface area (Å²) in [7, 11) is 9.47. The van der Waals surface area contributed by atoms with E-state index in [1.807, 2.05) is 36.8 Å². The van der Waals surface area contributed by atoms with E-state index in [2.05, 4.69) is 10.3 Å². The number of rotatable bonds is 6. The molecular formula is C12H23N5O. The predicted molar refractivity (Wildman–Crippen MR) is 72.6 cm³/mol. The molecule has 0 atom stereocenters. The Hall–Kier alpha value is -1.56. The van der Waals surface area contributed by atoms with Gasteiger partial charge in [-0.3, -0.25) is 4.79 Å². The van der Waals surface area contributed by atoms with Crippen LogP contribution in [-0.4, -0.2) is 55.1 Å². The summed E-state index contributed by atoms with van der Waals surface area (Å²) in [4.78, 5) is 19.3. The minimum atomic E-state index is 0.140. The third-order valence-corrected chi connectivity index (χ3v) is 2.78. The van der Waals surface area contributed by atoms with Crippen molar-refractivity contribution in [3.8, 4) is 0 Å². The van der Waals surface area contributed by atoms with Crippen LogP contribution >= 0.6 is 0 Å². The topological polar surface area (TPSA) is 53.4 Å². The number of hydrogen-bond acceptors (Lipinski definition) is 4. The van der Waals surface area contributed by atoms with E-state index in [-0.39, 0.29) is 5.91 Å². The highest BCUT2D eigenvalue weighted by Crippen LogP contribution is 2.10. The average molecular weight is 253 g/mol. The molecule has 1 aromatic heterocycles. The third kappa shape index (κ3) is 3.73. The fourth-order valence-electron chi connectivity index (χ4n) is 1.65. The number of carbonyl (C=O) groups is 1. The number of anilines is 1. The largest absolute Gasteiger partial charge is 0.349 e. The lowest BCUT2D eigenvalue weighted by Gasteiger charge is -2.13. The molecule has 0 aliphatic rings. The van der Waals surface area contributed by atoms with Gasteiger partial charge in [-0.2, -0.15) is 0 Å². The van der Waals surface area contributed by atoms with E-state index in [9.17, 15) is 4.79 Å². The number of imidazole rings is 1. The molecular weight excluding hydrogens is 230 g/mol. The van der Waals surface area contributed by atoms with Gasteiger partial charge in [0.05, 0.1) is 11.9 Å². The Morgan fingerprint density at radius 2 is 2.06 bits per heavy atom. The summed E-state index contributed by atoms with van der Waals surface area (Å²) in [5, 5.41) is 3.25. The third-order valence-electron chi connectivity index (χ3n) is 2.78. The summed E-state index contributed by atoms with van der Waals surface area (Å²) >= 11 is 0. The second kappa shape index (κ2) is 6.39. The van der Waals surface area contributed by atoms with Gasteiger partial charge in [-0.15, -0.1) is 0 Å². The predicted octanol–water partition coefficient (Wildman–Crippen LogP) is 0.0540. The SMILES string of the molecule is CN(C)C(=O)CCNCc1cnc(N(C)C)n1C. The zero-order valence-corrected chi connectivity index (χ0v) is 11.9. The summed E-state index contributed by atoms with van der Waals surface area (Å²) < 4.78 is 2.04. The number of carbonyl (C=O) groups excluding carboxylic acids is 1. The molecule has 0 saturated heterocycles. The summed E-state index contributed by atoms with van der Waals surface area (Å²) in [5.74, 6) is 1.07. The number of aromatic nitrogens is 2. The summed E-state index contributed by atoms with van der Waals surface area (Å²) in [5.41, 5.74) is 1.11. The first-order valence-corrected chi connectivity index (χ1v) is 6.02. The van der Waals surface area contributed by atoms with Crippen LogP contribution in [0.3, 0.4) is 0 Å². The van der Waals surface area contributed by atoms with E-state index >= 15 is 0 Å². The van der Waals surface area contributed by atoms with Crippen LogP contribution in [0.4, 0.5) is 5.95 Å². The Labute approximate surface area is 109 Å². The van der Waals surface area contributed by atoms with E-state index < -0.39 is 0 Å². The minimum absolute atomic E-state index is 0.140. The van der Waals surface area contributed by atoms with Crippen molar-refractivity contribution in [2.24, 2.45) is 7.05 Å². The maximum Gasteiger partial charge on any atom is 0.223 e. The van der Waals surface area contributed by atoms with E-state index in [0.717, 1.165) is 18.2 Å². The monoisotopic (exact) mass is 253 g/mol. The summed E-state index contributed by atoms with van der Waals surface area (Å²) in [6.07, 6.45) is 2.38. The Balaban J connectivity index is 2.38. The van der Waals surface area contributed by atoms with Gasteiger partial charge >= 0.3 is 0 Å². The van der Waals surface area contributed by atoms with Crippen LogP contribution in [0.1, 0.15) is 12.1 Å². The Morgan fingerprint density at radius 1 is 1.39 bits per heavy atom. The van der Waals surface area contributed by atoms with Crippen molar-refractivity contribution < 1.29 is 4.79 Å². The zero-order chi connectivity index (χ0) is 13.7. The quantitative estimate of drug-likeness (QED) is 0.728. The lowest BCUT2D eigenvalue weighted by atomic mass is 10.3. The van der Waals surface area contributed by atoms with Crippen molar-refractivity contribution in [3.63, 3.8) is 0 Å². The second-order valence-electron chi connectivity index (χ2n) is 4.72. The molecule has 0 saturated carbocycles. The number of nitrogens with one attached hydrogen (secondary N) is 1. The average Bonchev–Trinajstić information content (AvgIpc) is 2.66.